The number of aryl methyl sites for hydroxylation is 2. The molecular formula is C23H19F4N5O2. The number of carbonyl (C=O) groups excluding carboxylic acids is 1. The molecule has 1 amide bonds. The Morgan fingerprint density at radius 3 is 2.53 bits per heavy atom. The lowest BCUT2D eigenvalue weighted by atomic mass is 10.00. The number of anilines is 2. The van der Waals surface area contributed by atoms with E-state index in [4.69, 9.17) is 5.73 Å². The zero-order chi connectivity index (χ0) is 24.8. The molecule has 0 aliphatic carbocycles. The van der Waals surface area contributed by atoms with Crippen molar-refractivity contribution < 1.29 is 27.5 Å². The van der Waals surface area contributed by atoms with Gasteiger partial charge in [0, 0.05) is 24.5 Å². The number of hydrogen-bond acceptors (Lipinski definition) is 5. The molecule has 0 spiro atoms. The van der Waals surface area contributed by atoms with Gasteiger partial charge in [-0.1, -0.05) is 18.2 Å². The molecule has 4 rings (SSSR count). The summed E-state index contributed by atoms with van der Waals surface area (Å²) in [6.07, 6.45) is -4.71. The molecule has 0 fully saturated rings. The number of nitrogens with two attached hydrogens (primary N) is 1. The molecule has 0 saturated carbocycles. The number of fused-ring (bicyclic) bond motifs is 1. The number of rotatable bonds is 4. The van der Waals surface area contributed by atoms with Crippen LogP contribution < -0.4 is 11.1 Å². The molecule has 11 heteroatoms. The zero-order valence-electron chi connectivity index (χ0n) is 18.0. The highest BCUT2D eigenvalue weighted by atomic mass is 19.4. The van der Waals surface area contributed by atoms with Gasteiger partial charge in [-0.05, 0) is 47.9 Å². The first-order chi connectivity index (χ1) is 16.0. The van der Waals surface area contributed by atoms with Crippen LogP contribution in [0.3, 0.4) is 0 Å². The van der Waals surface area contributed by atoms with Gasteiger partial charge in [-0.2, -0.15) is 13.2 Å². The maximum absolute atomic E-state index is 13.4. The fourth-order valence-corrected chi connectivity index (χ4v) is 3.71. The number of halogens is 4. The van der Waals surface area contributed by atoms with Gasteiger partial charge in [0.25, 0.3) is 5.91 Å². The second-order valence-electron chi connectivity index (χ2n) is 7.76. The lowest BCUT2D eigenvalue weighted by Gasteiger charge is -2.14. The van der Waals surface area contributed by atoms with Crippen LogP contribution in [0.25, 0.3) is 22.2 Å². The van der Waals surface area contributed by atoms with Gasteiger partial charge in [0.15, 0.2) is 6.10 Å². The second-order valence-corrected chi connectivity index (χ2v) is 7.76. The molecule has 0 radical (unpaired) electrons. The molecule has 0 bridgehead atoms. The molecule has 176 valence electrons. The molecule has 7 nitrogen and oxygen atoms in total. The number of aliphatic hydroxyl groups is 1. The third-order valence-electron chi connectivity index (χ3n) is 5.29. The Labute approximate surface area is 190 Å². The van der Waals surface area contributed by atoms with E-state index in [-0.39, 0.29) is 22.4 Å². The standard InChI is InChI=1S/C23H19F4N5O2/c1-11-8-14(29-21(34)18(33)12-4-3-5-13(24)9-12)6-7-15(11)16-10-32(2)20-17(16)19(28)30-22(31-20)23(25,26)27/h3-10,18,33H,1-2H3,(H,29,34)(H2,28,30,31). The van der Waals surface area contributed by atoms with E-state index in [1.165, 1.54) is 22.8 Å². The smallest absolute Gasteiger partial charge is 0.383 e. The minimum atomic E-state index is -4.74. The van der Waals surface area contributed by atoms with Crippen LogP contribution in [0.15, 0.2) is 48.7 Å². The first-order valence-electron chi connectivity index (χ1n) is 10.0. The number of nitrogen functional groups attached to an aromatic ring is 1. The summed E-state index contributed by atoms with van der Waals surface area (Å²) in [4.78, 5) is 19.5. The van der Waals surface area contributed by atoms with Crippen molar-refractivity contribution in [2.24, 2.45) is 7.05 Å². The topological polar surface area (TPSA) is 106 Å². The molecule has 4 aromatic rings. The number of carbonyl (C=O) groups is 1. The van der Waals surface area contributed by atoms with Crippen LogP contribution in [0.2, 0.25) is 0 Å². The third kappa shape index (κ3) is 4.29. The van der Waals surface area contributed by atoms with Crippen molar-refractivity contribution in [2.75, 3.05) is 11.1 Å². The maximum atomic E-state index is 13.4. The summed E-state index contributed by atoms with van der Waals surface area (Å²) in [6, 6.07) is 9.94. The number of nitrogens with zero attached hydrogens (tertiary/aromatic N) is 3. The van der Waals surface area contributed by atoms with Crippen molar-refractivity contribution in [1.29, 1.82) is 0 Å². The van der Waals surface area contributed by atoms with Crippen molar-refractivity contribution in [2.45, 2.75) is 19.2 Å². The third-order valence-corrected chi connectivity index (χ3v) is 5.29. The second kappa shape index (κ2) is 8.41. The van der Waals surface area contributed by atoms with Crippen molar-refractivity contribution in [3.63, 3.8) is 0 Å². The summed E-state index contributed by atoms with van der Waals surface area (Å²) in [6.45, 7) is 1.74. The molecule has 34 heavy (non-hydrogen) atoms. The van der Waals surface area contributed by atoms with E-state index >= 15 is 0 Å². The molecule has 1 atom stereocenters. The summed E-state index contributed by atoms with van der Waals surface area (Å²) >= 11 is 0. The van der Waals surface area contributed by atoms with Gasteiger partial charge in [-0.15, -0.1) is 0 Å². The van der Waals surface area contributed by atoms with Gasteiger partial charge >= 0.3 is 6.18 Å². The van der Waals surface area contributed by atoms with Crippen molar-refractivity contribution in [3.8, 4) is 11.1 Å². The fraction of sp³-hybridized carbons (Fsp3) is 0.174. The molecule has 2 aromatic heterocycles. The number of aromatic nitrogens is 3. The van der Waals surface area contributed by atoms with Crippen molar-refractivity contribution in [1.82, 2.24) is 14.5 Å². The van der Waals surface area contributed by atoms with Crippen molar-refractivity contribution >= 4 is 28.4 Å². The predicted octanol–water partition coefficient (Wildman–Crippen LogP) is 4.36. The van der Waals surface area contributed by atoms with Gasteiger partial charge in [-0.3, -0.25) is 4.79 Å². The Morgan fingerprint density at radius 2 is 1.88 bits per heavy atom. The van der Waals surface area contributed by atoms with E-state index in [1.54, 1.807) is 38.4 Å². The number of hydrogen-bond donors (Lipinski definition) is 3. The largest absolute Gasteiger partial charge is 0.451 e. The Kier molecular flexibility index (Phi) is 5.74. The Morgan fingerprint density at radius 1 is 1.15 bits per heavy atom. The lowest BCUT2D eigenvalue weighted by molar-refractivity contribution is -0.144. The number of aliphatic hydroxyl groups excluding tert-OH is 1. The molecular weight excluding hydrogens is 454 g/mol. The van der Waals surface area contributed by atoms with Gasteiger partial charge in [0.2, 0.25) is 5.82 Å². The van der Waals surface area contributed by atoms with E-state index in [2.05, 4.69) is 15.3 Å². The highest BCUT2D eigenvalue weighted by molar-refractivity contribution is 6.02. The summed E-state index contributed by atoms with van der Waals surface area (Å²) in [5.74, 6) is -2.95. The van der Waals surface area contributed by atoms with Crippen LogP contribution >= 0.6 is 0 Å². The Hall–Kier alpha value is -3.99. The monoisotopic (exact) mass is 473 g/mol. The maximum Gasteiger partial charge on any atom is 0.451 e. The van der Waals surface area contributed by atoms with Crippen LogP contribution in [-0.4, -0.2) is 25.5 Å². The predicted molar refractivity (Wildman–Crippen MR) is 118 cm³/mol. The van der Waals surface area contributed by atoms with Crippen LogP contribution in [0.5, 0.6) is 0 Å². The Balaban J connectivity index is 1.66. The average Bonchev–Trinajstić information content (AvgIpc) is 3.09. The summed E-state index contributed by atoms with van der Waals surface area (Å²) < 4.78 is 54.1. The van der Waals surface area contributed by atoms with E-state index in [9.17, 15) is 27.5 Å². The average molecular weight is 473 g/mol. The molecule has 0 aliphatic rings. The molecule has 2 aromatic carbocycles. The van der Waals surface area contributed by atoms with Gasteiger partial charge in [0.1, 0.15) is 17.3 Å². The lowest BCUT2D eigenvalue weighted by Crippen LogP contribution is -2.21. The highest BCUT2D eigenvalue weighted by Gasteiger charge is 2.36. The SMILES string of the molecule is Cc1cc(NC(=O)C(O)c2cccc(F)c2)ccc1-c1cn(C)c2nc(C(F)(F)F)nc(N)c12. The summed E-state index contributed by atoms with van der Waals surface area (Å²) in [5.41, 5.74) is 8.22. The normalized spacial score (nSPS) is 12.7. The number of benzene rings is 2. The number of alkyl halides is 3. The molecule has 4 N–H and O–H groups in total. The van der Waals surface area contributed by atoms with E-state index in [1.807, 2.05) is 0 Å². The fourth-order valence-electron chi connectivity index (χ4n) is 3.71. The first-order valence-corrected chi connectivity index (χ1v) is 10.0. The Bertz CT molecular complexity index is 1410. The molecule has 0 aliphatic heterocycles. The molecule has 1 unspecified atom stereocenters. The van der Waals surface area contributed by atoms with Gasteiger partial charge < -0.3 is 20.7 Å². The highest BCUT2D eigenvalue weighted by Crippen LogP contribution is 2.37. The van der Waals surface area contributed by atoms with Crippen LogP contribution in [0.1, 0.15) is 23.1 Å². The number of nitrogens with one attached hydrogen (secondary N) is 1. The van der Waals surface area contributed by atoms with Crippen molar-refractivity contribution in [3.05, 3.63) is 71.4 Å². The summed E-state index contributed by atoms with van der Waals surface area (Å²) in [5, 5.41) is 13.1. The molecule has 2 heterocycles. The van der Waals surface area contributed by atoms with Crippen LogP contribution in [0, 0.1) is 12.7 Å². The van der Waals surface area contributed by atoms with E-state index in [0.29, 0.717) is 22.4 Å². The van der Waals surface area contributed by atoms with E-state index in [0.717, 1.165) is 6.07 Å². The van der Waals surface area contributed by atoms with Gasteiger partial charge in [0.05, 0.1) is 5.39 Å². The van der Waals surface area contributed by atoms with E-state index < -0.39 is 29.8 Å². The minimum Gasteiger partial charge on any atom is -0.383 e. The van der Waals surface area contributed by atoms with Gasteiger partial charge in [-0.25, -0.2) is 14.4 Å². The summed E-state index contributed by atoms with van der Waals surface area (Å²) in [7, 11) is 1.55. The van der Waals surface area contributed by atoms with Crippen LogP contribution in [0.4, 0.5) is 29.1 Å². The zero-order valence-corrected chi connectivity index (χ0v) is 18.0. The number of amides is 1. The minimum absolute atomic E-state index is 0.0322. The first kappa shape index (κ1) is 23.2. The molecule has 0 saturated heterocycles. The quantitative estimate of drug-likeness (QED) is 0.382. The van der Waals surface area contributed by atoms with Crippen LogP contribution in [-0.2, 0) is 18.0 Å².